The van der Waals surface area contributed by atoms with Crippen molar-refractivity contribution in [1.29, 1.82) is 0 Å². The van der Waals surface area contributed by atoms with Crippen LogP contribution < -0.4 is 25.0 Å². The average Bonchev–Trinajstić information content (AvgIpc) is 4.14. The highest BCUT2D eigenvalue weighted by molar-refractivity contribution is 7.91. The second kappa shape index (κ2) is 17.7. The van der Waals surface area contributed by atoms with E-state index in [1.165, 1.54) is 4.90 Å². The van der Waals surface area contributed by atoms with Gasteiger partial charge in [-0.05, 0) is 70.3 Å². The topological polar surface area (TPSA) is 186 Å². The van der Waals surface area contributed by atoms with E-state index >= 15 is 4.79 Å². The summed E-state index contributed by atoms with van der Waals surface area (Å²) in [5.41, 5.74) is -3.81. The normalized spacial score (nSPS) is 29.6. The summed E-state index contributed by atoms with van der Waals surface area (Å²) in [5, 5.41) is 6.69. The van der Waals surface area contributed by atoms with Crippen molar-refractivity contribution in [2.45, 2.75) is 119 Å². The molecule has 0 unspecified atom stereocenters. The van der Waals surface area contributed by atoms with Gasteiger partial charge in [0, 0.05) is 36.2 Å². The van der Waals surface area contributed by atoms with Gasteiger partial charge in [-0.25, -0.2) is 22.6 Å². The summed E-state index contributed by atoms with van der Waals surface area (Å²) >= 11 is 0. The number of alkyl halides is 4. The first-order valence-corrected chi connectivity index (χ1v) is 23.1. The quantitative estimate of drug-likeness (QED) is 0.213. The van der Waals surface area contributed by atoms with Gasteiger partial charge in [0.1, 0.15) is 35.1 Å². The monoisotopic (exact) mass is 908 g/mol. The molecular weight excluding hydrogens is 853 g/mol. The summed E-state index contributed by atoms with van der Waals surface area (Å²) in [6.07, 6.45) is -0.373. The largest absolute Gasteiger partial charge is 0.472 e. The molecule has 15 nitrogen and oxygen atoms in total. The van der Waals surface area contributed by atoms with E-state index in [1.54, 1.807) is 19.2 Å². The van der Waals surface area contributed by atoms with Gasteiger partial charge >= 0.3 is 12.3 Å². The Morgan fingerprint density at radius 1 is 1.08 bits per heavy atom. The number of nitrogens with zero attached hydrogens (tertiary/aromatic N) is 3. The molecule has 63 heavy (non-hydrogen) atoms. The lowest BCUT2D eigenvalue weighted by Crippen LogP contribution is -2.60. The van der Waals surface area contributed by atoms with Crippen LogP contribution in [0.3, 0.4) is 0 Å². The molecule has 2 aliphatic carbocycles. The predicted octanol–water partition coefficient (Wildman–Crippen LogP) is 5.08. The molecule has 20 heteroatoms. The Bertz CT molecular complexity index is 2220. The minimum absolute atomic E-state index is 0.0175. The molecule has 7 atom stereocenters. The number of amides is 4. The Hall–Kier alpha value is -4.72. The van der Waals surface area contributed by atoms with Crippen molar-refractivity contribution in [2.24, 2.45) is 17.8 Å². The summed E-state index contributed by atoms with van der Waals surface area (Å²) in [4.78, 5) is 65.0. The molecule has 2 aromatic rings. The number of aromatic nitrogens is 1. The van der Waals surface area contributed by atoms with Crippen LogP contribution in [0.4, 0.5) is 28.0 Å². The molecule has 7 rings (SSSR count). The lowest BCUT2D eigenvalue weighted by molar-refractivity contribution is -0.244. The molecule has 0 bridgehead atoms. The zero-order valence-corrected chi connectivity index (χ0v) is 36.7. The Kier molecular flexibility index (Phi) is 13.0. The lowest BCUT2D eigenvalue weighted by Gasteiger charge is -2.35. The zero-order valence-electron chi connectivity index (χ0n) is 35.8. The zero-order chi connectivity index (χ0) is 45.5. The predicted molar refractivity (Wildman–Crippen MR) is 223 cm³/mol. The number of hydrogen-bond donors (Lipinski definition) is 3. The van der Waals surface area contributed by atoms with E-state index < -0.39 is 92.6 Å². The van der Waals surface area contributed by atoms with Crippen LogP contribution in [0.25, 0.3) is 10.8 Å². The van der Waals surface area contributed by atoms with E-state index in [1.807, 2.05) is 42.0 Å². The van der Waals surface area contributed by atoms with Crippen LogP contribution in [0.5, 0.6) is 5.88 Å². The third-order valence-electron chi connectivity index (χ3n) is 13.3. The molecule has 346 valence electrons. The van der Waals surface area contributed by atoms with Crippen molar-refractivity contribution in [3.63, 3.8) is 0 Å². The number of rotatable bonds is 10. The summed E-state index contributed by atoms with van der Waals surface area (Å²) in [6, 6.07) is 4.63. The number of morpholine rings is 1. The molecule has 2 saturated heterocycles. The van der Waals surface area contributed by atoms with E-state index in [-0.39, 0.29) is 44.0 Å². The van der Waals surface area contributed by atoms with Crippen LogP contribution in [0.2, 0.25) is 0 Å². The van der Waals surface area contributed by atoms with Gasteiger partial charge in [0.2, 0.25) is 33.3 Å². The number of pyridine rings is 1. The third-order valence-corrected chi connectivity index (χ3v) is 15.4. The van der Waals surface area contributed by atoms with Gasteiger partial charge in [-0.3, -0.25) is 19.1 Å². The first kappa shape index (κ1) is 46.3. The molecule has 4 fully saturated rings. The van der Waals surface area contributed by atoms with Crippen molar-refractivity contribution in [1.82, 2.24) is 25.2 Å². The molecule has 3 aliphatic heterocycles. The van der Waals surface area contributed by atoms with Gasteiger partial charge in [0.15, 0.2) is 0 Å². The summed E-state index contributed by atoms with van der Waals surface area (Å²) in [5.74, 6) is -3.77. The van der Waals surface area contributed by atoms with Gasteiger partial charge in [0.25, 0.3) is 5.91 Å². The smallest absolute Gasteiger partial charge is 0.427 e. The van der Waals surface area contributed by atoms with Crippen molar-refractivity contribution in [3.8, 4) is 5.88 Å². The van der Waals surface area contributed by atoms with Gasteiger partial charge in [-0.15, -0.1) is 0 Å². The molecule has 0 spiro atoms. The number of sulfonamides is 1. The molecule has 1 aromatic carbocycles. The molecule has 2 saturated carbocycles. The van der Waals surface area contributed by atoms with E-state index in [0.717, 1.165) is 11.1 Å². The highest BCUT2D eigenvalue weighted by Gasteiger charge is 2.64. The molecule has 5 aliphatic rings. The SMILES string of the molecule is CC[C@@H]1C[C@H](C)CC/C=C\[C@@H]2C[C@@]2(C(=O)NS(=O)(=O)C2(CF)CC2)NC(=O)[C@@H]2C[C@@H](Oc3ncc(N4CCOCC4)c4ccccc34)CN2C(=O)[C@H]1NC(=O)OC(C)(C)C(F)(F)F. The van der Waals surface area contributed by atoms with E-state index in [9.17, 15) is 40.4 Å². The fourth-order valence-electron chi connectivity index (χ4n) is 8.88. The van der Waals surface area contributed by atoms with Crippen LogP contribution in [0, 0.1) is 17.8 Å². The number of nitrogens with one attached hydrogen (secondary N) is 3. The van der Waals surface area contributed by atoms with Crippen LogP contribution in [0.15, 0.2) is 42.6 Å². The van der Waals surface area contributed by atoms with E-state index in [4.69, 9.17) is 14.2 Å². The highest BCUT2D eigenvalue weighted by atomic mass is 32.2. The van der Waals surface area contributed by atoms with Crippen molar-refractivity contribution >= 4 is 50.3 Å². The molecular formula is C43H56F4N6O9S. The van der Waals surface area contributed by atoms with E-state index in [0.29, 0.717) is 71.2 Å². The van der Waals surface area contributed by atoms with Crippen LogP contribution in [-0.4, -0.2) is 122 Å². The fraction of sp³-hybridized carbons (Fsp3) is 0.651. The number of halogens is 4. The van der Waals surface area contributed by atoms with Crippen LogP contribution >= 0.6 is 0 Å². The molecule has 4 amide bonds. The number of carbonyl (C=O) groups excluding carboxylic acids is 4. The van der Waals surface area contributed by atoms with Gasteiger partial charge < -0.3 is 34.6 Å². The van der Waals surface area contributed by atoms with Gasteiger partial charge in [0.05, 0.1) is 31.6 Å². The third kappa shape index (κ3) is 9.42. The maximum absolute atomic E-state index is 15.0. The minimum Gasteiger partial charge on any atom is -0.472 e. The summed E-state index contributed by atoms with van der Waals surface area (Å²) in [6.45, 7) is 6.07. The Morgan fingerprint density at radius 3 is 2.43 bits per heavy atom. The number of benzene rings is 1. The van der Waals surface area contributed by atoms with Crippen molar-refractivity contribution < 1.29 is 59.4 Å². The molecule has 3 N–H and O–H groups in total. The summed E-state index contributed by atoms with van der Waals surface area (Å²) < 4.78 is 99.3. The number of hydrogen-bond acceptors (Lipinski definition) is 11. The average molecular weight is 909 g/mol. The highest BCUT2D eigenvalue weighted by Crippen LogP contribution is 2.48. The van der Waals surface area contributed by atoms with Gasteiger partial charge in [-0.2, -0.15) is 13.2 Å². The van der Waals surface area contributed by atoms with Crippen LogP contribution in [0.1, 0.15) is 79.1 Å². The standard InChI is InChI=1S/C43H56F4N6O9S/c1-5-27-20-26(2)10-6-7-11-28-22-42(28,38(56)51-63(58,59)41(25-44)14-15-41)50-35(54)32-21-29(24-53(32)37(55)34(27)49-39(57)62-40(3,4)43(45,46)47)61-36-31-13-9-8-12-30(31)33(23-48-36)52-16-18-60-19-17-52/h7-9,11-13,23,26-29,32,34H,5-6,10,14-22,24-25H2,1-4H3,(H,49,57)(H,50,54)(H,51,56)/b11-7-/t26-,27-,28-,29-,32+,34+,42-/m1/s1. The number of alkyl carbamates (subject to hydrolysis) is 1. The van der Waals surface area contributed by atoms with E-state index in [2.05, 4.69) is 20.5 Å². The van der Waals surface area contributed by atoms with Crippen molar-refractivity contribution in [2.75, 3.05) is 44.4 Å². The minimum atomic E-state index is -4.93. The molecule has 4 heterocycles. The lowest BCUT2D eigenvalue weighted by atomic mass is 9.85. The number of fused-ring (bicyclic) bond motifs is 3. The first-order chi connectivity index (χ1) is 29.7. The summed E-state index contributed by atoms with van der Waals surface area (Å²) in [7, 11) is -4.47. The number of anilines is 1. The maximum Gasteiger partial charge on any atom is 0.427 e. The maximum atomic E-state index is 15.0. The molecule has 0 radical (unpaired) electrons. The van der Waals surface area contributed by atoms with Gasteiger partial charge in [-0.1, -0.05) is 50.6 Å². The van der Waals surface area contributed by atoms with Crippen LogP contribution in [-0.2, 0) is 33.9 Å². The number of ether oxygens (including phenoxy) is 3. The Labute approximate surface area is 364 Å². The molecule has 1 aromatic heterocycles. The van der Waals surface area contributed by atoms with Crippen molar-refractivity contribution in [3.05, 3.63) is 42.6 Å². The number of allylic oxidation sites excluding steroid dienone is 1. The fourth-order valence-corrected chi connectivity index (χ4v) is 10.3. The first-order valence-electron chi connectivity index (χ1n) is 21.6. The second-order valence-electron chi connectivity index (χ2n) is 18.1. The Morgan fingerprint density at radius 2 is 1.78 bits per heavy atom. The Balaban J connectivity index is 1.24. The second-order valence-corrected chi connectivity index (χ2v) is 20.2. The number of carbonyl (C=O) groups is 4.